The van der Waals surface area contributed by atoms with Gasteiger partial charge in [-0.25, -0.2) is 14.5 Å². The highest BCUT2D eigenvalue weighted by Gasteiger charge is 2.31. The predicted molar refractivity (Wildman–Crippen MR) is 105 cm³/mol. The van der Waals surface area contributed by atoms with Crippen LogP contribution in [-0.4, -0.2) is 37.8 Å². The van der Waals surface area contributed by atoms with Gasteiger partial charge in [-0.05, 0) is 45.0 Å². The lowest BCUT2D eigenvalue weighted by Crippen LogP contribution is -2.22. The summed E-state index contributed by atoms with van der Waals surface area (Å²) in [6, 6.07) is 4.48. The van der Waals surface area contributed by atoms with Crippen molar-refractivity contribution in [2.75, 3.05) is 11.9 Å². The quantitative estimate of drug-likeness (QED) is 0.599. The van der Waals surface area contributed by atoms with Gasteiger partial charge in [-0.15, -0.1) is 0 Å². The maximum absolute atomic E-state index is 13.1. The first-order chi connectivity index (χ1) is 14.6. The van der Waals surface area contributed by atoms with Crippen molar-refractivity contribution in [2.45, 2.75) is 33.5 Å². The molecule has 0 spiro atoms. The van der Waals surface area contributed by atoms with Gasteiger partial charge in [0.25, 0.3) is 5.91 Å². The summed E-state index contributed by atoms with van der Waals surface area (Å²) in [5.74, 6) is -1.48. The summed E-state index contributed by atoms with van der Waals surface area (Å²) in [6.07, 6.45) is -2.12. The molecule has 0 aliphatic heterocycles. The van der Waals surface area contributed by atoms with Crippen LogP contribution in [-0.2, 0) is 22.3 Å². The van der Waals surface area contributed by atoms with Crippen molar-refractivity contribution in [1.29, 1.82) is 0 Å². The molecule has 2 heterocycles. The standard InChI is InChI=1S/C20H20F3N5O3/c1-4-27-12(2)7-15(13(27)3)19(30)31-9-18(29)26-16-8-14(20(21,22)23)5-6-17(16)28-11-24-10-25-28/h5-8,10-11H,4,9H2,1-3H3,(H,26,29). The molecular weight excluding hydrogens is 415 g/mol. The van der Waals surface area contributed by atoms with Gasteiger partial charge in [0, 0.05) is 17.9 Å². The van der Waals surface area contributed by atoms with E-state index in [0.717, 1.165) is 17.8 Å². The Labute approximate surface area is 175 Å². The molecule has 0 unspecified atom stereocenters. The fourth-order valence-electron chi connectivity index (χ4n) is 3.23. The molecule has 164 valence electrons. The first-order valence-corrected chi connectivity index (χ1v) is 9.31. The van der Waals surface area contributed by atoms with E-state index in [1.54, 1.807) is 13.0 Å². The number of nitrogens with one attached hydrogen (secondary N) is 1. The highest BCUT2D eigenvalue weighted by molar-refractivity contribution is 5.97. The van der Waals surface area contributed by atoms with E-state index < -0.39 is 30.2 Å². The summed E-state index contributed by atoms with van der Waals surface area (Å²) in [6.45, 7) is 5.55. The molecule has 11 heteroatoms. The molecule has 1 N–H and O–H groups in total. The molecule has 0 saturated heterocycles. The number of carbonyl (C=O) groups is 2. The number of nitrogens with zero attached hydrogens (tertiary/aromatic N) is 4. The number of halogens is 3. The van der Waals surface area contributed by atoms with Crippen LogP contribution >= 0.6 is 0 Å². The molecule has 0 aliphatic carbocycles. The van der Waals surface area contributed by atoms with Gasteiger partial charge in [-0.1, -0.05) is 0 Å². The molecule has 2 aromatic heterocycles. The number of benzene rings is 1. The predicted octanol–water partition coefficient (Wildman–Crippen LogP) is 3.52. The second kappa shape index (κ2) is 8.62. The summed E-state index contributed by atoms with van der Waals surface area (Å²) in [5.41, 5.74) is 0.988. The van der Waals surface area contributed by atoms with Crippen LogP contribution in [0.2, 0.25) is 0 Å². The Morgan fingerprint density at radius 3 is 2.52 bits per heavy atom. The SMILES string of the molecule is CCn1c(C)cc(C(=O)OCC(=O)Nc2cc(C(F)(F)F)ccc2-n2cncn2)c1C. The van der Waals surface area contributed by atoms with Crippen LogP contribution in [0.3, 0.4) is 0 Å². The average Bonchev–Trinajstić information content (AvgIpc) is 3.33. The number of carbonyl (C=O) groups excluding carboxylic acids is 2. The Hall–Kier alpha value is -3.63. The number of anilines is 1. The zero-order chi connectivity index (χ0) is 22.8. The number of rotatable bonds is 6. The van der Waals surface area contributed by atoms with Crippen molar-refractivity contribution in [3.63, 3.8) is 0 Å². The molecule has 0 fully saturated rings. The summed E-state index contributed by atoms with van der Waals surface area (Å²) in [5, 5.41) is 6.22. The highest BCUT2D eigenvalue weighted by atomic mass is 19.4. The number of hydrogen-bond donors (Lipinski definition) is 1. The summed E-state index contributed by atoms with van der Waals surface area (Å²) in [4.78, 5) is 28.4. The lowest BCUT2D eigenvalue weighted by atomic mass is 10.1. The zero-order valence-electron chi connectivity index (χ0n) is 17.0. The molecule has 1 aromatic carbocycles. The van der Waals surface area contributed by atoms with E-state index in [-0.39, 0.29) is 11.4 Å². The molecular formula is C20H20F3N5O3. The van der Waals surface area contributed by atoms with Gasteiger partial charge in [0.1, 0.15) is 12.7 Å². The normalized spacial score (nSPS) is 11.4. The Morgan fingerprint density at radius 2 is 1.94 bits per heavy atom. The minimum atomic E-state index is -4.60. The Balaban J connectivity index is 1.76. The van der Waals surface area contributed by atoms with Crippen molar-refractivity contribution in [1.82, 2.24) is 19.3 Å². The number of alkyl halides is 3. The first-order valence-electron chi connectivity index (χ1n) is 9.31. The van der Waals surface area contributed by atoms with Gasteiger partial charge in [0.2, 0.25) is 0 Å². The van der Waals surface area contributed by atoms with Crippen molar-refractivity contribution in [3.8, 4) is 5.69 Å². The van der Waals surface area contributed by atoms with Crippen molar-refractivity contribution in [3.05, 3.63) is 59.4 Å². The van der Waals surface area contributed by atoms with Crippen LogP contribution in [0.5, 0.6) is 0 Å². The fraction of sp³-hybridized carbons (Fsp3) is 0.300. The van der Waals surface area contributed by atoms with Crippen LogP contribution in [0.15, 0.2) is 36.9 Å². The van der Waals surface area contributed by atoms with Crippen LogP contribution in [0, 0.1) is 13.8 Å². The molecule has 3 aromatic rings. The van der Waals surface area contributed by atoms with Crippen LogP contribution in [0.4, 0.5) is 18.9 Å². The monoisotopic (exact) mass is 435 g/mol. The van der Waals surface area contributed by atoms with E-state index in [1.165, 1.54) is 23.4 Å². The average molecular weight is 435 g/mol. The Bertz CT molecular complexity index is 1100. The number of aromatic nitrogens is 4. The van der Waals surface area contributed by atoms with Crippen molar-refractivity contribution in [2.24, 2.45) is 0 Å². The molecule has 3 rings (SSSR count). The van der Waals surface area contributed by atoms with Gasteiger partial charge >= 0.3 is 12.1 Å². The second-order valence-electron chi connectivity index (χ2n) is 6.72. The molecule has 1 amide bonds. The van der Waals surface area contributed by atoms with E-state index in [0.29, 0.717) is 17.8 Å². The first kappa shape index (κ1) is 22.1. The van der Waals surface area contributed by atoms with E-state index in [2.05, 4.69) is 15.4 Å². The Morgan fingerprint density at radius 1 is 1.19 bits per heavy atom. The molecule has 0 aliphatic rings. The summed E-state index contributed by atoms with van der Waals surface area (Å²) < 4.78 is 47.5. The maximum Gasteiger partial charge on any atom is 0.416 e. The minimum absolute atomic E-state index is 0.148. The second-order valence-corrected chi connectivity index (χ2v) is 6.72. The molecule has 0 bridgehead atoms. The smallest absolute Gasteiger partial charge is 0.416 e. The minimum Gasteiger partial charge on any atom is -0.452 e. The lowest BCUT2D eigenvalue weighted by Gasteiger charge is -2.14. The van der Waals surface area contributed by atoms with Crippen LogP contribution in [0.1, 0.15) is 34.2 Å². The largest absolute Gasteiger partial charge is 0.452 e. The van der Waals surface area contributed by atoms with Gasteiger partial charge in [0.05, 0.1) is 22.5 Å². The number of aryl methyl sites for hydroxylation is 1. The molecule has 0 radical (unpaired) electrons. The highest BCUT2D eigenvalue weighted by Crippen LogP contribution is 2.33. The third kappa shape index (κ3) is 4.76. The zero-order valence-corrected chi connectivity index (χ0v) is 17.0. The molecule has 0 atom stereocenters. The molecule has 8 nitrogen and oxygen atoms in total. The summed E-state index contributed by atoms with van der Waals surface area (Å²) >= 11 is 0. The third-order valence-corrected chi connectivity index (χ3v) is 4.71. The number of esters is 1. The lowest BCUT2D eigenvalue weighted by molar-refractivity contribution is -0.137. The Kier molecular flexibility index (Phi) is 6.14. The topological polar surface area (TPSA) is 91.0 Å². The van der Waals surface area contributed by atoms with Crippen molar-refractivity contribution >= 4 is 17.6 Å². The maximum atomic E-state index is 13.1. The van der Waals surface area contributed by atoms with E-state index in [1.807, 2.05) is 18.4 Å². The number of hydrogen-bond acceptors (Lipinski definition) is 5. The summed E-state index contributed by atoms with van der Waals surface area (Å²) in [7, 11) is 0. The third-order valence-electron chi connectivity index (χ3n) is 4.71. The number of amides is 1. The van der Waals surface area contributed by atoms with Crippen molar-refractivity contribution < 1.29 is 27.5 Å². The number of ether oxygens (including phenoxy) is 1. The van der Waals surface area contributed by atoms with E-state index >= 15 is 0 Å². The van der Waals surface area contributed by atoms with Crippen LogP contribution in [0.25, 0.3) is 5.69 Å². The van der Waals surface area contributed by atoms with E-state index in [4.69, 9.17) is 4.74 Å². The van der Waals surface area contributed by atoms with E-state index in [9.17, 15) is 22.8 Å². The molecule has 31 heavy (non-hydrogen) atoms. The molecule has 0 saturated carbocycles. The van der Waals surface area contributed by atoms with Gasteiger partial charge in [-0.3, -0.25) is 4.79 Å². The fourth-order valence-corrected chi connectivity index (χ4v) is 3.23. The van der Waals surface area contributed by atoms with Gasteiger partial charge in [-0.2, -0.15) is 18.3 Å². The van der Waals surface area contributed by atoms with Gasteiger partial charge in [0.15, 0.2) is 6.61 Å². The van der Waals surface area contributed by atoms with Gasteiger partial charge < -0.3 is 14.6 Å². The van der Waals surface area contributed by atoms with Crippen LogP contribution < -0.4 is 5.32 Å².